The van der Waals surface area contributed by atoms with E-state index >= 15 is 0 Å². The summed E-state index contributed by atoms with van der Waals surface area (Å²) >= 11 is 0. The van der Waals surface area contributed by atoms with Crippen LogP contribution in [0.5, 0.6) is 0 Å². The van der Waals surface area contributed by atoms with Gasteiger partial charge in [0.15, 0.2) is 5.65 Å². The predicted octanol–water partition coefficient (Wildman–Crippen LogP) is 3.19. The van der Waals surface area contributed by atoms with Gasteiger partial charge < -0.3 is 10.2 Å². The second kappa shape index (κ2) is 7.56. The monoisotopic (exact) mass is 351 g/mol. The zero-order chi connectivity index (χ0) is 18.7. The van der Waals surface area contributed by atoms with Crippen LogP contribution < -0.4 is 10.2 Å². The molecule has 0 atom stereocenters. The molecule has 0 fully saturated rings. The largest absolute Gasteiger partial charge is 0.373 e. The van der Waals surface area contributed by atoms with Crippen LogP contribution in [0.1, 0.15) is 35.9 Å². The van der Waals surface area contributed by atoms with Crippen molar-refractivity contribution in [2.75, 3.05) is 25.0 Å². The van der Waals surface area contributed by atoms with Gasteiger partial charge in [0.2, 0.25) is 0 Å². The van der Waals surface area contributed by atoms with E-state index in [4.69, 9.17) is 0 Å². The van der Waals surface area contributed by atoms with Gasteiger partial charge in [-0.3, -0.25) is 4.79 Å². The number of likely N-dealkylation sites (N-methyl/N-ethyl adjacent to an activating group) is 1. The van der Waals surface area contributed by atoms with Crippen LogP contribution in [0.15, 0.2) is 42.6 Å². The summed E-state index contributed by atoms with van der Waals surface area (Å²) in [4.78, 5) is 19.3. The van der Waals surface area contributed by atoms with E-state index in [2.05, 4.69) is 46.3 Å². The van der Waals surface area contributed by atoms with E-state index < -0.39 is 0 Å². The van der Waals surface area contributed by atoms with Crippen molar-refractivity contribution in [3.05, 3.63) is 53.9 Å². The number of carbonyl (C=O) groups excluding carboxylic acids is 1. The Bertz CT molecular complexity index is 901. The number of benzene rings is 1. The normalized spacial score (nSPS) is 11.1. The van der Waals surface area contributed by atoms with Gasteiger partial charge in [0, 0.05) is 37.3 Å². The van der Waals surface area contributed by atoms with Gasteiger partial charge in [0.05, 0.1) is 17.5 Å². The van der Waals surface area contributed by atoms with Crippen LogP contribution in [-0.2, 0) is 0 Å². The van der Waals surface area contributed by atoms with Gasteiger partial charge in [-0.1, -0.05) is 18.2 Å². The Labute approximate surface area is 153 Å². The highest BCUT2D eigenvalue weighted by atomic mass is 16.1. The summed E-state index contributed by atoms with van der Waals surface area (Å²) < 4.78 is 1.87. The minimum atomic E-state index is -0.101. The Morgan fingerprint density at radius 1 is 1.27 bits per heavy atom. The molecule has 0 unspecified atom stereocenters. The molecular weight excluding hydrogens is 326 g/mol. The zero-order valence-electron chi connectivity index (χ0n) is 15.7. The zero-order valence-corrected chi connectivity index (χ0v) is 15.7. The number of aryl methyl sites for hydroxylation is 1. The van der Waals surface area contributed by atoms with Gasteiger partial charge in [0.25, 0.3) is 5.91 Å². The predicted molar refractivity (Wildman–Crippen MR) is 105 cm³/mol. The summed E-state index contributed by atoms with van der Waals surface area (Å²) in [7, 11) is 2.01. The molecule has 0 aliphatic carbocycles. The molecule has 1 amide bonds. The van der Waals surface area contributed by atoms with E-state index in [1.807, 2.05) is 42.9 Å². The van der Waals surface area contributed by atoms with Crippen LogP contribution >= 0.6 is 0 Å². The van der Waals surface area contributed by atoms with Crippen LogP contribution in [-0.4, -0.2) is 40.8 Å². The topological polar surface area (TPSA) is 63.1 Å². The second-order valence-electron chi connectivity index (χ2n) is 6.73. The lowest BCUT2D eigenvalue weighted by molar-refractivity contribution is 0.0954. The highest BCUT2D eigenvalue weighted by molar-refractivity contribution is 5.98. The van der Waals surface area contributed by atoms with Crippen molar-refractivity contribution in [2.45, 2.75) is 26.8 Å². The average Bonchev–Trinajstić information content (AvgIpc) is 3.04. The molecule has 0 saturated carbocycles. The van der Waals surface area contributed by atoms with Crippen LogP contribution in [0.4, 0.5) is 5.69 Å². The summed E-state index contributed by atoms with van der Waals surface area (Å²) in [6.45, 7) is 7.28. The molecule has 0 aliphatic rings. The van der Waals surface area contributed by atoms with Crippen molar-refractivity contribution in [3.8, 4) is 0 Å². The van der Waals surface area contributed by atoms with E-state index in [1.54, 1.807) is 6.20 Å². The van der Waals surface area contributed by atoms with E-state index in [-0.39, 0.29) is 11.9 Å². The highest BCUT2D eigenvalue weighted by Crippen LogP contribution is 2.19. The SMILES string of the molecule is Cc1nc2c(cnn2C(C)C)cc1C(=O)NCCN(C)c1ccccc1. The molecule has 6 heteroatoms. The molecule has 0 aliphatic heterocycles. The molecule has 1 aromatic carbocycles. The summed E-state index contributed by atoms with van der Waals surface area (Å²) in [6.07, 6.45) is 1.77. The number of hydrogen-bond donors (Lipinski definition) is 1. The molecule has 0 bridgehead atoms. The summed E-state index contributed by atoms with van der Waals surface area (Å²) in [5, 5.41) is 8.24. The van der Waals surface area contributed by atoms with Gasteiger partial charge in [-0.15, -0.1) is 0 Å². The number of aromatic nitrogens is 3. The lowest BCUT2D eigenvalue weighted by Gasteiger charge is -2.19. The van der Waals surface area contributed by atoms with Crippen molar-refractivity contribution >= 4 is 22.6 Å². The number of fused-ring (bicyclic) bond motifs is 1. The van der Waals surface area contributed by atoms with E-state index in [0.717, 1.165) is 23.3 Å². The summed E-state index contributed by atoms with van der Waals surface area (Å²) in [6, 6.07) is 12.2. The third-order valence-corrected chi connectivity index (χ3v) is 4.42. The fraction of sp³-hybridized carbons (Fsp3) is 0.350. The Hall–Kier alpha value is -2.89. The molecular formula is C20H25N5O. The van der Waals surface area contributed by atoms with E-state index in [1.165, 1.54) is 0 Å². The molecule has 1 N–H and O–H groups in total. The molecule has 2 heterocycles. The molecule has 0 radical (unpaired) electrons. The number of carbonyl (C=O) groups is 1. The molecule has 136 valence electrons. The van der Waals surface area contributed by atoms with Gasteiger partial charge >= 0.3 is 0 Å². The standard InChI is InChI=1S/C20H25N5O/c1-14(2)25-19-16(13-22-25)12-18(15(3)23-19)20(26)21-10-11-24(4)17-8-6-5-7-9-17/h5-9,12-14H,10-11H2,1-4H3,(H,21,26). The Balaban J connectivity index is 1.67. The van der Waals surface area contributed by atoms with Crippen molar-refractivity contribution in [1.82, 2.24) is 20.1 Å². The minimum absolute atomic E-state index is 0.101. The fourth-order valence-electron chi connectivity index (χ4n) is 2.92. The van der Waals surface area contributed by atoms with E-state index in [9.17, 15) is 4.79 Å². The number of nitrogens with one attached hydrogen (secondary N) is 1. The maximum atomic E-state index is 12.6. The third kappa shape index (κ3) is 3.69. The number of hydrogen-bond acceptors (Lipinski definition) is 4. The Morgan fingerprint density at radius 3 is 2.69 bits per heavy atom. The number of rotatable bonds is 6. The Morgan fingerprint density at radius 2 is 2.00 bits per heavy atom. The first kappa shape index (κ1) is 17.9. The third-order valence-electron chi connectivity index (χ3n) is 4.42. The number of anilines is 1. The molecule has 0 saturated heterocycles. The number of nitrogens with zero attached hydrogens (tertiary/aromatic N) is 4. The molecule has 6 nitrogen and oxygen atoms in total. The summed E-state index contributed by atoms with van der Waals surface area (Å²) in [5.41, 5.74) is 3.26. The van der Waals surface area contributed by atoms with Crippen LogP contribution in [0.2, 0.25) is 0 Å². The van der Waals surface area contributed by atoms with Crippen molar-refractivity contribution in [3.63, 3.8) is 0 Å². The molecule has 0 spiro atoms. The van der Waals surface area contributed by atoms with Gasteiger partial charge in [0.1, 0.15) is 0 Å². The van der Waals surface area contributed by atoms with Gasteiger partial charge in [-0.2, -0.15) is 5.10 Å². The number of para-hydroxylation sites is 1. The van der Waals surface area contributed by atoms with E-state index in [0.29, 0.717) is 17.8 Å². The molecule has 3 aromatic rings. The van der Waals surface area contributed by atoms with Crippen molar-refractivity contribution in [1.29, 1.82) is 0 Å². The van der Waals surface area contributed by atoms with Gasteiger partial charge in [-0.25, -0.2) is 9.67 Å². The maximum absolute atomic E-state index is 12.6. The summed E-state index contributed by atoms with van der Waals surface area (Å²) in [5.74, 6) is -0.101. The molecule has 26 heavy (non-hydrogen) atoms. The lowest BCUT2D eigenvalue weighted by atomic mass is 10.1. The first-order valence-electron chi connectivity index (χ1n) is 8.86. The maximum Gasteiger partial charge on any atom is 0.253 e. The minimum Gasteiger partial charge on any atom is -0.373 e. The van der Waals surface area contributed by atoms with Crippen molar-refractivity contribution in [2.24, 2.45) is 0 Å². The van der Waals surface area contributed by atoms with Gasteiger partial charge in [-0.05, 0) is 39.0 Å². The molecule has 2 aromatic heterocycles. The van der Waals surface area contributed by atoms with Crippen LogP contribution in [0.25, 0.3) is 11.0 Å². The van der Waals surface area contributed by atoms with Crippen molar-refractivity contribution < 1.29 is 4.79 Å². The van der Waals surface area contributed by atoms with Crippen LogP contribution in [0.3, 0.4) is 0 Å². The van der Waals surface area contributed by atoms with Crippen LogP contribution in [0, 0.1) is 6.92 Å². The Kier molecular flexibility index (Phi) is 5.21. The first-order chi connectivity index (χ1) is 12.5. The lowest BCUT2D eigenvalue weighted by Crippen LogP contribution is -2.33. The smallest absolute Gasteiger partial charge is 0.253 e. The first-order valence-corrected chi connectivity index (χ1v) is 8.86. The highest BCUT2D eigenvalue weighted by Gasteiger charge is 2.15. The number of amides is 1. The fourth-order valence-corrected chi connectivity index (χ4v) is 2.92. The number of pyridine rings is 1. The second-order valence-corrected chi connectivity index (χ2v) is 6.73. The quantitative estimate of drug-likeness (QED) is 0.741. The average molecular weight is 351 g/mol. The molecule has 3 rings (SSSR count).